The monoisotopic (exact) mass is 195 g/mol. The normalized spacial score (nSPS) is 11.2. The Hall–Kier alpha value is -0.830. The molecule has 1 aromatic heterocycles. The Balaban J connectivity index is 2.66. The van der Waals surface area contributed by atoms with Crippen molar-refractivity contribution < 1.29 is 0 Å². The van der Waals surface area contributed by atoms with Gasteiger partial charge in [0.25, 0.3) is 0 Å². The van der Waals surface area contributed by atoms with Gasteiger partial charge in [0.1, 0.15) is 0 Å². The van der Waals surface area contributed by atoms with Gasteiger partial charge in [-0.15, -0.1) is 0 Å². The van der Waals surface area contributed by atoms with Crippen LogP contribution >= 0.6 is 0 Å². The van der Waals surface area contributed by atoms with Crippen LogP contribution in [0.2, 0.25) is 0 Å². The van der Waals surface area contributed by atoms with Crippen LogP contribution in [0.15, 0.2) is 6.20 Å². The molecule has 1 heterocycles. The summed E-state index contributed by atoms with van der Waals surface area (Å²) in [6, 6.07) is 0. The third-order valence-corrected chi connectivity index (χ3v) is 2.35. The highest BCUT2D eigenvalue weighted by atomic mass is 15.3. The smallest absolute Gasteiger partial charge is 0.0537 e. The molecule has 0 bridgehead atoms. The fraction of sp³-hybridized carbons (Fsp3) is 0.727. The Kier molecular flexibility index (Phi) is 4.14. The van der Waals surface area contributed by atoms with Crippen molar-refractivity contribution in [2.75, 3.05) is 6.54 Å². The molecule has 0 aliphatic rings. The number of aryl methyl sites for hydroxylation is 1. The average Bonchev–Trinajstić information content (AvgIpc) is 2.47. The summed E-state index contributed by atoms with van der Waals surface area (Å²) in [4.78, 5) is 0. The van der Waals surface area contributed by atoms with E-state index in [9.17, 15) is 0 Å². The van der Waals surface area contributed by atoms with Crippen LogP contribution in [0.25, 0.3) is 0 Å². The van der Waals surface area contributed by atoms with Gasteiger partial charge < -0.3 is 5.32 Å². The first-order chi connectivity index (χ1) is 6.66. The molecule has 80 valence electrons. The second kappa shape index (κ2) is 5.15. The third-order valence-electron chi connectivity index (χ3n) is 2.35. The highest BCUT2D eigenvalue weighted by Gasteiger charge is 2.10. The molecule has 0 fully saturated rings. The van der Waals surface area contributed by atoms with E-state index in [1.165, 1.54) is 17.7 Å². The van der Waals surface area contributed by atoms with Crippen LogP contribution in [-0.2, 0) is 13.6 Å². The maximum atomic E-state index is 4.29. The lowest BCUT2D eigenvalue weighted by Crippen LogP contribution is -2.15. The van der Waals surface area contributed by atoms with E-state index < -0.39 is 0 Å². The molecule has 0 amide bonds. The SMILES string of the molecule is CCCNCc1cnn(C)c1C(C)C. The Morgan fingerprint density at radius 2 is 2.21 bits per heavy atom. The molecule has 3 nitrogen and oxygen atoms in total. The van der Waals surface area contributed by atoms with Gasteiger partial charge in [0, 0.05) is 24.8 Å². The zero-order valence-electron chi connectivity index (χ0n) is 9.67. The van der Waals surface area contributed by atoms with Crippen LogP contribution in [0.1, 0.15) is 44.4 Å². The van der Waals surface area contributed by atoms with Crippen molar-refractivity contribution in [3.8, 4) is 0 Å². The zero-order chi connectivity index (χ0) is 10.6. The van der Waals surface area contributed by atoms with Crippen molar-refractivity contribution in [2.45, 2.75) is 39.7 Å². The number of nitrogens with one attached hydrogen (secondary N) is 1. The summed E-state index contributed by atoms with van der Waals surface area (Å²) in [5.74, 6) is 0.543. The van der Waals surface area contributed by atoms with E-state index in [4.69, 9.17) is 0 Å². The minimum absolute atomic E-state index is 0.543. The lowest BCUT2D eigenvalue weighted by molar-refractivity contribution is 0.640. The van der Waals surface area contributed by atoms with Gasteiger partial charge in [-0.2, -0.15) is 5.10 Å². The minimum atomic E-state index is 0.543. The fourth-order valence-corrected chi connectivity index (χ4v) is 1.77. The van der Waals surface area contributed by atoms with Crippen molar-refractivity contribution >= 4 is 0 Å². The van der Waals surface area contributed by atoms with Crippen molar-refractivity contribution in [1.82, 2.24) is 15.1 Å². The van der Waals surface area contributed by atoms with Crippen molar-refractivity contribution in [3.63, 3.8) is 0 Å². The summed E-state index contributed by atoms with van der Waals surface area (Å²) in [7, 11) is 2.01. The zero-order valence-corrected chi connectivity index (χ0v) is 9.67. The van der Waals surface area contributed by atoms with Crippen LogP contribution in [-0.4, -0.2) is 16.3 Å². The first-order valence-electron chi connectivity index (χ1n) is 5.38. The van der Waals surface area contributed by atoms with E-state index in [0.29, 0.717) is 5.92 Å². The summed E-state index contributed by atoms with van der Waals surface area (Å²) < 4.78 is 1.98. The van der Waals surface area contributed by atoms with E-state index in [-0.39, 0.29) is 0 Å². The van der Waals surface area contributed by atoms with E-state index in [2.05, 4.69) is 31.2 Å². The number of hydrogen-bond acceptors (Lipinski definition) is 2. The summed E-state index contributed by atoms with van der Waals surface area (Å²) in [6.07, 6.45) is 3.15. The van der Waals surface area contributed by atoms with Gasteiger partial charge >= 0.3 is 0 Å². The first-order valence-corrected chi connectivity index (χ1v) is 5.38. The lowest BCUT2D eigenvalue weighted by Gasteiger charge is -2.09. The molecule has 1 aromatic rings. The van der Waals surface area contributed by atoms with Crippen molar-refractivity contribution in [2.24, 2.45) is 7.05 Å². The molecule has 1 N–H and O–H groups in total. The van der Waals surface area contributed by atoms with Crippen molar-refractivity contribution in [3.05, 3.63) is 17.5 Å². The summed E-state index contributed by atoms with van der Waals surface area (Å²) in [6.45, 7) is 8.61. The second-order valence-corrected chi connectivity index (χ2v) is 4.01. The molecule has 0 aliphatic carbocycles. The van der Waals surface area contributed by atoms with Gasteiger partial charge in [0.15, 0.2) is 0 Å². The summed E-state index contributed by atoms with van der Waals surface area (Å²) in [5.41, 5.74) is 2.67. The predicted octanol–water partition coefficient (Wildman–Crippen LogP) is 2.04. The molecular formula is C11H21N3. The second-order valence-electron chi connectivity index (χ2n) is 4.01. The molecule has 0 aromatic carbocycles. The molecule has 14 heavy (non-hydrogen) atoms. The quantitative estimate of drug-likeness (QED) is 0.729. The van der Waals surface area contributed by atoms with Gasteiger partial charge in [-0.3, -0.25) is 4.68 Å². The van der Waals surface area contributed by atoms with Gasteiger partial charge in [0.05, 0.1) is 6.20 Å². The van der Waals surface area contributed by atoms with Crippen LogP contribution in [0.5, 0.6) is 0 Å². The van der Waals surface area contributed by atoms with Crippen LogP contribution in [0.3, 0.4) is 0 Å². The van der Waals surface area contributed by atoms with Crippen LogP contribution in [0, 0.1) is 0 Å². The highest BCUT2D eigenvalue weighted by Crippen LogP contribution is 2.17. The average molecular weight is 195 g/mol. The Labute approximate surface area is 86.5 Å². The first kappa shape index (κ1) is 11.2. The van der Waals surface area contributed by atoms with E-state index in [1.54, 1.807) is 0 Å². The molecule has 3 heteroatoms. The van der Waals surface area contributed by atoms with Gasteiger partial charge in [-0.05, 0) is 18.9 Å². The fourth-order valence-electron chi connectivity index (χ4n) is 1.77. The van der Waals surface area contributed by atoms with Gasteiger partial charge in [-0.1, -0.05) is 20.8 Å². The number of hydrogen-bond donors (Lipinski definition) is 1. The Morgan fingerprint density at radius 1 is 1.50 bits per heavy atom. The molecule has 1 rings (SSSR count). The number of rotatable bonds is 5. The van der Waals surface area contributed by atoms with Gasteiger partial charge in [-0.25, -0.2) is 0 Å². The van der Waals surface area contributed by atoms with Gasteiger partial charge in [0.2, 0.25) is 0 Å². The maximum absolute atomic E-state index is 4.29. The third kappa shape index (κ3) is 2.58. The largest absolute Gasteiger partial charge is 0.313 e. The van der Waals surface area contributed by atoms with E-state index >= 15 is 0 Å². The lowest BCUT2D eigenvalue weighted by atomic mass is 10.1. The maximum Gasteiger partial charge on any atom is 0.0537 e. The molecule has 0 saturated heterocycles. The molecule has 0 atom stereocenters. The van der Waals surface area contributed by atoms with Crippen LogP contribution < -0.4 is 5.32 Å². The highest BCUT2D eigenvalue weighted by molar-refractivity contribution is 5.20. The molecular weight excluding hydrogens is 174 g/mol. The topological polar surface area (TPSA) is 29.9 Å². The molecule has 0 radical (unpaired) electrons. The predicted molar refractivity (Wildman–Crippen MR) is 59.3 cm³/mol. The van der Waals surface area contributed by atoms with Crippen molar-refractivity contribution in [1.29, 1.82) is 0 Å². The molecule has 0 aliphatic heterocycles. The van der Waals surface area contributed by atoms with Crippen LogP contribution in [0.4, 0.5) is 0 Å². The summed E-state index contributed by atoms with van der Waals surface area (Å²) in [5, 5.41) is 7.70. The summed E-state index contributed by atoms with van der Waals surface area (Å²) >= 11 is 0. The molecule has 0 spiro atoms. The number of nitrogens with zero attached hydrogens (tertiary/aromatic N) is 2. The van der Waals surface area contributed by atoms with E-state index in [1.807, 2.05) is 17.9 Å². The standard InChI is InChI=1S/C11H21N3/c1-5-6-12-7-10-8-13-14(4)11(10)9(2)3/h8-9,12H,5-7H2,1-4H3. The molecule has 0 saturated carbocycles. The van der Waals surface area contributed by atoms with E-state index in [0.717, 1.165) is 13.1 Å². The molecule has 0 unspecified atom stereocenters. The minimum Gasteiger partial charge on any atom is -0.313 e. The number of aromatic nitrogens is 2. The Morgan fingerprint density at radius 3 is 2.79 bits per heavy atom. The Bertz CT molecular complexity index is 276.